The normalized spacial score (nSPS) is 18.1. The largest absolute Gasteiger partial charge is 0.348 e. The SMILES string of the molecule is O=C(NC1CCN(Cc2ccccc2)C1)c1cc(Cl)cc(Cl)c1. The van der Waals surface area contributed by atoms with Crippen LogP contribution < -0.4 is 5.32 Å². The minimum absolute atomic E-state index is 0.124. The Kier molecular flexibility index (Phi) is 5.21. The number of carbonyl (C=O) groups is 1. The third kappa shape index (κ3) is 4.47. The van der Waals surface area contributed by atoms with E-state index in [-0.39, 0.29) is 11.9 Å². The van der Waals surface area contributed by atoms with Crippen molar-refractivity contribution in [1.82, 2.24) is 10.2 Å². The zero-order valence-electron chi connectivity index (χ0n) is 12.6. The molecule has 0 spiro atoms. The predicted octanol–water partition coefficient (Wildman–Crippen LogP) is 4.00. The smallest absolute Gasteiger partial charge is 0.251 e. The van der Waals surface area contributed by atoms with E-state index in [0.29, 0.717) is 15.6 Å². The van der Waals surface area contributed by atoms with Gasteiger partial charge in [-0.2, -0.15) is 0 Å². The van der Waals surface area contributed by atoms with Crippen LogP contribution in [0.15, 0.2) is 48.5 Å². The number of nitrogens with one attached hydrogen (secondary N) is 1. The lowest BCUT2D eigenvalue weighted by Crippen LogP contribution is -2.37. The highest BCUT2D eigenvalue weighted by molar-refractivity contribution is 6.35. The average molecular weight is 349 g/mol. The molecule has 1 N–H and O–H groups in total. The van der Waals surface area contributed by atoms with Gasteiger partial charge >= 0.3 is 0 Å². The van der Waals surface area contributed by atoms with E-state index in [1.54, 1.807) is 18.2 Å². The van der Waals surface area contributed by atoms with Gasteiger partial charge in [0.1, 0.15) is 0 Å². The summed E-state index contributed by atoms with van der Waals surface area (Å²) < 4.78 is 0. The Bertz CT molecular complexity index is 670. The number of nitrogens with zero attached hydrogens (tertiary/aromatic N) is 1. The predicted molar refractivity (Wildman–Crippen MR) is 94.1 cm³/mol. The maximum atomic E-state index is 12.3. The summed E-state index contributed by atoms with van der Waals surface area (Å²) in [5, 5.41) is 4.01. The van der Waals surface area contributed by atoms with E-state index in [9.17, 15) is 4.79 Å². The van der Waals surface area contributed by atoms with Crippen molar-refractivity contribution in [2.24, 2.45) is 0 Å². The molecule has 0 bridgehead atoms. The van der Waals surface area contributed by atoms with E-state index in [4.69, 9.17) is 23.2 Å². The van der Waals surface area contributed by atoms with Gasteiger partial charge in [0.25, 0.3) is 5.91 Å². The molecule has 2 aromatic carbocycles. The molecule has 23 heavy (non-hydrogen) atoms. The fourth-order valence-corrected chi connectivity index (χ4v) is 3.42. The van der Waals surface area contributed by atoms with Gasteiger partial charge in [0.2, 0.25) is 0 Å². The van der Waals surface area contributed by atoms with Crippen LogP contribution in [0.3, 0.4) is 0 Å². The van der Waals surface area contributed by atoms with Crippen LogP contribution in [0.2, 0.25) is 10.0 Å². The summed E-state index contributed by atoms with van der Waals surface area (Å²) in [6, 6.07) is 15.4. The first-order chi connectivity index (χ1) is 11.1. The van der Waals surface area contributed by atoms with Crippen molar-refractivity contribution in [2.75, 3.05) is 13.1 Å². The Morgan fingerprint density at radius 2 is 1.83 bits per heavy atom. The molecule has 0 aromatic heterocycles. The number of amides is 1. The first kappa shape index (κ1) is 16.3. The molecular weight excluding hydrogens is 331 g/mol. The van der Waals surface area contributed by atoms with Crippen molar-refractivity contribution in [1.29, 1.82) is 0 Å². The molecule has 1 heterocycles. The highest BCUT2D eigenvalue weighted by atomic mass is 35.5. The van der Waals surface area contributed by atoms with E-state index in [1.165, 1.54) is 5.56 Å². The standard InChI is InChI=1S/C18H18Cl2N2O/c19-15-8-14(9-16(20)10-15)18(23)21-17-6-7-22(12-17)11-13-4-2-1-3-5-13/h1-5,8-10,17H,6-7,11-12H2,(H,21,23). The zero-order chi connectivity index (χ0) is 16.2. The maximum absolute atomic E-state index is 12.3. The van der Waals surface area contributed by atoms with Gasteiger partial charge in [0, 0.05) is 41.3 Å². The van der Waals surface area contributed by atoms with Crippen molar-refractivity contribution in [3.05, 3.63) is 69.7 Å². The maximum Gasteiger partial charge on any atom is 0.251 e. The third-order valence-corrected chi connectivity index (χ3v) is 4.42. The van der Waals surface area contributed by atoms with Gasteiger partial charge < -0.3 is 5.32 Å². The monoisotopic (exact) mass is 348 g/mol. The molecule has 0 saturated carbocycles. The zero-order valence-corrected chi connectivity index (χ0v) is 14.1. The summed E-state index contributed by atoms with van der Waals surface area (Å²) in [6.07, 6.45) is 0.951. The molecular formula is C18H18Cl2N2O. The highest BCUT2D eigenvalue weighted by Gasteiger charge is 2.24. The van der Waals surface area contributed by atoms with Gasteiger partial charge in [0.15, 0.2) is 0 Å². The van der Waals surface area contributed by atoms with E-state index in [2.05, 4.69) is 22.3 Å². The summed E-state index contributed by atoms with van der Waals surface area (Å²) in [7, 11) is 0. The van der Waals surface area contributed by atoms with Crippen LogP contribution >= 0.6 is 23.2 Å². The van der Waals surface area contributed by atoms with Crippen molar-refractivity contribution in [3.63, 3.8) is 0 Å². The lowest BCUT2D eigenvalue weighted by molar-refractivity contribution is 0.0937. The van der Waals surface area contributed by atoms with Crippen LogP contribution in [0.1, 0.15) is 22.3 Å². The Balaban J connectivity index is 1.56. The van der Waals surface area contributed by atoms with E-state index >= 15 is 0 Å². The van der Waals surface area contributed by atoms with Gasteiger partial charge in [-0.1, -0.05) is 53.5 Å². The van der Waals surface area contributed by atoms with Crippen LogP contribution in [0.5, 0.6) is 0 Å². The molecule has 1 aliphatic rings. The molecule has 1 amide bonds. The summed E-state index contributed by atoms with van der Waals surface area (Å²) >= 11 is 11.9. The second-order valence-corrected chi connectivity index (χ2v) is 6.71. The molecule has 120 valence electrons. The van der Waals surface area contributed by atoms with E-state index in [0.717, 1.165) is 26.1 Å². The summed E-state index contributed by atoms with van der Waals surface area (Å²) in [6.45, 7) is 2.75. The Hall–Kier alpha value is -1.55. The first-order valence-corrected chi connectivity index (χ1v) is 8.39. The Morgan fingerprint density at radius 1 is 1.13 bits per heavy atom. The topological polar surface area (TPSA) is 32.3 Å². The van der Waals surface area contributed by atoms with Crippen LogP contribution in [0.25, 0.3) is 0 Å². The van der Waals surface area contributed by atoms with Crippen molar-refractivity contribution in [2.45, 2.75) is 19.0 Å². The van der Waals surface area contributed by atoms with Gasteiger partial charge in [-0.05, 0) is 30.2 Å². The summed E-state index contributed by atoms with van der Waals surface area (Å²) in [4.78, 5) is 14.7. The van der Waals surface area contributed by atoms with Crippen LogP contribution in [-0.2, 0) is 6.54 Å². The molecule has 0 radical (unpaired) electrons. The third-order valence-electron chi connectivity index (χ3n) is 3.98. The minimum Gasteiger partial charge on any atom is -0.348 e. The van der Waals surface area contributed by atoms with Gasteiger partial charge in [-0.15, -0.1) is 0 Å². The van der Waals surface area contributed by atoms with Crippen LogP contribution in [-0.4, -0.2) is 29.9 Å². The fraction of sp³-hybridized carbons (Fsp3) is 0.278. The quantitative estimate of drug-likeness (QED) is 0.905. The lowest BCUT2D eigenvalue weighted by atomic mass is 10.2. The van der Waals surface area contributed by atoms with Gasteiger partial charge in [-0.3, -0.25) is 9.69 Å². The molecule has 3 nitrogen and oxygen atoms in total. The second-order valence-electron chi connectivity index (χ2n) is 5.84. The number of benzene rings is 2. The van der Waals surface area contributed by atoms with Crippen molar-refractivity contribution in [3.8, 4) is 0 Å². The summed E-state index contributed by atoms with van der Waals surface area (Å²) in [5.41, 5.74) is 1.80. The Morgan fingerprint density at radius 3 is 2.52 bits per heavy atom. The average Bonchev–Trinajstić information content (AvgIpc) is 2.94. The Labute approximate surface area is 146 Å². The van der Waals surface area contributed by atoms with Crippen molar-refractivity contribution < 1.29 is 4.79 Å². The van der Waals surface area contributed by atoms with E-state index < -0.39 is 0 Å². The van der Waals surface area contributed by atoms with Gasteiger partial charge in [0.05, 0.1) is 0 Å². The molecule has 1 aliphatic heterocycles. The molecule has 3 rings (SSSR count). The molecule has 5 heteroatoms. The molecule has 1 atom stereocenters. The molecule has 2 aromatic rings. The number of hydrogen-bond donors (Lipinski definition) is 1. The van der Waals surface area contributed by atoms with Crippen LogP contribution in [0, 0.1) is 0 Å². The molecule has 1 unspecified atom stereocenters. The second kappa shape index (κ2) is 7.35. The lowest BCUT2D eigenvalue weighted by Gasteiger charge is -2.17. The fourth-order valence-electron chi connectivity index (χ4n) is 2.89. The summed E-state index contributed by atoms with van der Waals surface area (Å²) in [5.74, 6) is -0.124. The number of hydrogen-bond acceptors (Lipinski definition) is 2. The highest BCUT2D eigenvalue weighted by Crippen LogP contribution is 2.20. The number of carbonyl (C=O) groups excluding carboxylic acids is 1. The van der Waals surface area contributed by atoms with Crippen molar-refractivity contribution >= 4 is 29.1 Å². The molecule has 1 saturated heterocycles. The van der Waals surface area contributed by atoms with E-state index in [1.807, 2.05) is 18.2 Å². The molecule has 1 fully saturated rings. The number of likely N-dealkylation sites (tertiary alicyclic amines) is 1. The number of halogens is 2. The minimum atomic E-state index is -0.124. The van der Waals surface area contributed by atoms with Crippen LogP contribution in [0.4, 0.5) is 0 Å². The first-order valence-electron chi connectivity index (χ1n) is 7.63. The van der Waals surface area contributed by atoms with Gasteiger partial charge in [-0.25, -0.2) is 0 Å². The molecule has 0 aliphatic carbocycles. The number of rotatable bonds is 4.